The van der Waals surface area contributed by atoms with E-state index in [4.69, 9.17) is 6.57 Å². The summed E-state index contributed by atoms with van der Waals surface area (Å²) in [5, 5.41) is 0. The van der Waals surface area contributed by atoms with Crippen molar-refractivity contribution in [2.45, 2.75) is 19.4 Å². The van der Waals surface area contributed by atoms with Gasteiger partial charge in [-0.15, -0.1) is 0 Å². The van der Waals surface area contributed by atoms with Crippen molar-refractivity contribution in [1.29, 1.82) is 0 Å². The quantitative estimate of drug-likeness (QED) is 0.672. The van der Waals surface area contributed by atoms with E-state index in [1.165, 1.54) is 17.8 Å². The Hall–Kier alpha value is -2.84. The molecule has 4 rings (SSSR count). The molecule has 1 saturated heterocycles. The maximum atomic E-state index is 7.15. The van der Waals surface area contributed by atoms with Crippen molar-refractivity contribution in [2.24, 2.45) is 0 Å². The van der Waals surface area contributed by atoms with Crippen molar-refractivity contribution in [1.82, 2.24) is 14.3 Å². The largest absolute Gasteiger partial charge is 0.356 e. The summed E-state index contributed by atoms with van der Waals surface area (Å²) in [4.78, 5) is 12.9. The molecule has 3 heterocycles. The number of rotatable bonds is 3. The molecule has 1 aliphatic heterocycles. The fraction of sp³-hybridized carbons (Fsp3) is 0.333. The number of benzene rings is 1. The highest BCUT2D eigenvalue weighted by Gasteiger charge is 2.26. The maximum Gasteiger partial charge on any atom is 0.187 e. The van der Waals surface area contributed by atoms with Crippen molar-refractivity contribution in [3.05, 3.63) is 59.7 Å². The fourth-order valence-corrected chi connectivity index (χ4v) is 3.82. The molecule has 0 saturated carbocycles. The van der Waals surface area contributed by atoms with Gasteiger partial charge in [0.1, 0.15) is 11.5 Å². The molecule has 0 spiro atoms. The van der Waals surface area contributed by atoms with Crippen LogP contribution in [0.15, 0.2) is 42.7 Å². The zero-order chi connectivity index (χ0) is 18.3. The smallest absolute Gasteiger partial charge is 0.187 e. The molecule has 0 N–H and O–H groups in total. The van der Waals surface area contributed by atoms with Gasteiger partial charge in [-0.05, 0) is 44.6 Å². The average Bonchev–Trinajstić information content (AvgIpc) is 3.32. The lowest BCUT2D eigenvalue weighted by molar-refractivity contribution is 0.315. The van der Waals surface area contributed by atoms with Crippen LogP contribution in [0, 0.1) is 13.5 Å². The van der Waals surface area contributed by atoms with E-state index in [1.807, 2.05) is 36.7 Å². The zero-order valence-corrected chi connectivity index (χ0v) is 15.5. The molecule has 1 aromatic carbocycles. The van der Waals surface area contributed by atoms with Crippen molar-refractivity contribution in [2.75, 3.05) is 32.1 Å². The number of hydrogen-bond donors (Lipinski definition) is 0. The molecule has 0 amide bonds. The van der Waals surface area contributed by atoms with Gasteiger partial charge in [0.05, 0.1) is 6.57 Å². The maximum absolute atomic E-state index is 7.15. The van der Waals surface area contributed by atoms with Crippen LogP contribution in [0.3, 0.4) is 0 Å². The van der Waals surface area contributed by atoms with E-state index >= 15 is 0 Å². The van der Waals surface area contributed by atoms with Gasteiger partial charge in [0, 0.05) is 37.1 Å². The molecule has 26 heavy (non-hydrogen) atoms. The number of imidazole rings is 1. The summed E-state index contributed by atoms with van der Waals surface area (Å²) < 4.78 is 2.20. The van der Waals surface area contributed by atoms with Crippen LogP contribution < -0.4 is 4.90 Å². The fourth-order valence-electron chi connectivity index (χ4n) is 3.82. The highest BCUT2D eigenvalue weighted by atomic mass is 15.3. The predicted octanol–water partition coefficient (Wildman–Crippen LogP) is 4.00. The summed E-state index contributed by atoms with van der Waals surface area (Å²) >= 11 is 0. The number of aromatic nitrogens is 2. The number of anilines is 1. The lowest BCUT2D eigenvalue weighted by Gasteiger charge is -2.24. The molecule has 1 fully saturated rings. The number of fused-ring (bicyclic) bond motifs is 1. The van der Waals surface area contributed by atoms with E-state index in [9.17, 15) is 0 Å². The first-order valence-electron chi connectivity index (χ1n) is 8.94. The molecule has 2 aromatic heterocycles. The first kappa shape index (κ1) is 16.6. The summed E-state index contributed by atoms with van der Waals surface area (Å²) in [7, 11) is 4.31. The average molecular weight is 345 g/mol. The molecule has 0 radical (unpaired) electrons. The Labute approximate surface area is 154 Å². The highest BCUT2D eigenvalue weighted by Crippen LogP contribution is 2.33. The van der Waals surface area contributed by atoms with Gasteiger partial charge in [-0.1, -0.05) is 24.3 Å². The van der Waals surface area contributed by atoms with Gasteiger partial charge in [0.25, 0.3) is 0 Å². The second-order valence-electron chi connectivity index (χ2n) is 7.17. The number of aryl methyl sites for hydroxylation is 1. The SMILES string of the molecule is [C-]#[N+]c1ccc(-c2cc(N3CC[C@@H](N(C)C)C3)n3ccnc3c2C)cc1. The minimum Gasteiger partial charge on any atom is -0.356 e. The Balaban J connectivity index is 1.82. The minimum atomic E-state index is 0.580. The number of nitrogens with zero attached hydrogens (tertiary/aromatic N) is 5. The molecule has 0 unspecified atom stereocenters. The third-order valence-corrected chi connectivity index (χ3v) is 5.43. The Morgan fingerprint density at radius 3 is 2.65 bits per heavy atom. The topological polar surface area (TPSA) is 28.1 Å². The number of pyridine rings is 1. The summed E-state index contributed by atoms with van der Waals surface area (Å²) in [6.07, 6.45) is 5.09. The number of likely N-dealkylation sites (N-methyl/N-ethyl adjacent to an activating group) is 1. The predicted molar refractivity (Wildman–Crippen MR) is 106 cm³/mol. The molecule has 1 aliphatic rings. The molecule has 132 valence electrons. The van der Waals surface area contributed by atoms with Crippen LogP contribution in [0.1, 0.15) is 12.0 Å². The summed E-state index contributed by atoms with van der Waals surface area (Å²) in [6.45, 7) is 11.3. The van der Waals surface area contributed by atoms with E-state index in [-0.39, 0.29) is 0 Å². The second-order valence-corrected chi connectivity index (χ2v) is 7.17. The summed E-state index contributed by atoms with van der Waals surface area (Å²) in [5.41, 5.74) is 5.15. The van der Waals surface area contributed by atoms with Crippen LogP contribution >= 0.6 is 0 Å². The van der Waals surface area contributed by atoms with E-state index in [0.717, 1.165) is 29.9 Å². The van der Waals surface area contributed by atoms with Gasteiger partial charge < -0.3 is 9.80 Å². The monoisotopic (exact) mass is 345 g/mol. The normalized spacial score (nSPS) is 17.2. The van der Waals surface area contributed by atoms with Crippen LogP contribution in [-0.2, 0) is 0 Å². The Bertz CT molecular complexity index is 978. The molecular weight excluding hydrogens is 322 g/mol. The van der Waals surface area contributed by atoms with Crippen molar-refractivity contribution >= 4 is 17.2 Å². The lowest BCUT2D eigenvalue weighted by Crippen LogP contribution is -2.32. The minimum absolute atomic E-state index is 0.580. The van der Waals surface area contributed by atoms with Crippen molar-refractivity contribution in [3.63, 3.8) is 0 Å². The van der Waals surface area contributed by atoms with Crippen LogP contribution in [0.25, 0.3) is 21.6 Å². The second kappa shape index (κ2) is 6.47. The Kier molecular flexibility index (Phi) is 4.14. The molecule has 1 atom stereocenters. The molecular formula is C21H23N5. The lowest BCUT2D eigenvalue weighted by atomic mass is 10.0. The van der Waals surface area contributed by atoms with Gasteiger partial charge in [0.15, 0.2) is 5.69 Å². The van der Waals surface area contributed by atoms with Crippen LogP contribution in [0.4, 0.5) is 11.5 Å². The van der Waals surface area contributed by atoms with Gasteiger partial charge in [-0.2, -0.15) is 0 Å². The molecule has 5 heteroatoms. The third-order valence-electron chi connectivity index (χ3n) is 5.43. The standard InChI is InChI=1S/C21H23N5/c1-15-19(16-5-7-17(22-2)8-6-16)13-20(26-12-10-23-21(15)26)25-11-9-18(14-25)24(3)4/h5-8,10,12-13,18H,9,11,14H2,1,3-4H3/t18-/m1/s1. The molecule has 0 bridgehead atoms. The summed E-state index contributed by atoms with van der Waals surface area (Å²) in [5.74, 6) is 1.19. The summed E-state index contributed by atoms with van der Waals surface area (Å²) in [6, 6.07) is 10.7. The molecule has 0 aliphatic carbocycles. The third kappa shape index (κ3) is 2.73. The van der Waals surface area contributed by atoms with Crippen molar-refractivity contribution < 1.29 is 0 Å². The number of hydrogen-bond acceptors (Lipinski definition) is 3. The van der Waals surface area contributed by atoms with E-state index < -0.39 is 0 Å². The van der Waals surface area contributed by atoms with Gasteiger partial charge >= 0.3 is 0 Å². The van der Waals surface area contributed by atoms with Gasteiger partial charge in [0.2, 0.25) is 0 Å². The van der Waals surface area contributed by atoms with Crippen LogP contribution in [0.5, 0.6) is 0 Å². The van der Waals surface area contributed by atoms with E-state index in [1.54, 1.807) is 0 Å². The van der Waals surface area contributed by atoms with Crippen LogP contribution in [-0.4, -0.2) is 47.5 Å². The van der Waals surface area contributed by atoms with E-state index in [0.29, 0.717) is 11.7 Å². The Morgan fingerprint density at radius 2 is 2.00 bits per heavy atom. The van der Waals surface area contributed by atoms with Crippen LogP contribution in [0.2, 0.25) is 0 Å². The van der Waals surface area contributed by atoms with Crippen molar-refractivity contribution in [3.8, 4) is 11.1 Å². The molecule has 3 aromatic rings. The van der Waals surface area contributed by atoms with E-state index in [2.05, 4.69) is 51.1 Å². The zero-order valence-electron chi connectivity index (χ0n) is 15.5. The highest BCUT2D eigenvalue weighted by molar-refractivity contribution is 5.78. The molecule has 5 nitrogen and oxygen atoms in total. The van der Waals surface area contributed by atoms with Gasteiger partial charge in [-0.3, -0.25) is 4.40 Å². The first-order valence-corrected chi connectivity index (χ1v) is 8.94. The Morgan fingerprint density at radius 1 is 1.23 bits per heavy atom. The first-order chi connectivity index (χ1) is 12.6. The van der Waals surface area contributed by atoms with Gasteiger partial charge in [-0.25, -0.2) is 9.83 Å².